The molecule has 176 valence electrons. The standard InChI is InChI=1S/C24H24Cl2F2N2O3/c1-23(2,8-9-31)11-18-24(12-29,15-7-6-13(25)10-17(15)27)19(21(30-18)22(32)33)14-4-3-5-16(26)20(14)28/h3-7,10,18-19,21,30-31H,8-9,11H2,1-2H3,(H,32,33)/t18-,19-,21+,24-/m1/s1. The second-order valence-corrected chi connectivity index (χ2v) is 9.95. The predicted molar refractivity (Wildman–Crippen MR) is 121 cm³/mol. The van der Waals surface area contributed by atoms with Crippen LogP contribution in [0.2, 0.25) is 10.0 Å². The summed E-state index contributed by atoms with van der Waals surface area (Å²) in [7, 11) is 0. The van der Waals surface area contributed by atoms with Crippen LogP contribution < -0.4 is 5.32 Å². The van der Waals surface area contributed by atoms with Gasteiger partial charge >= 0.3 is 5.97 Å². The minimum atomic E-state index is -1.81. The van der Waals surface area contributed by atoms with Crippen molar-refractivity contribution in [2.24, 2.45) is 5.41 Å². The summed E-state index contributed by atoms with van der Waals surface area (Å²) >= 11 is 11.9. The normalized spacial score (nSPS) is 25.1. The van der Waals surface area contributed by atoms with Crippen molar-refractivity contribution in [1.82, 2.24) is 5.32 Å². The zero-order valence-electron chi connectivity index (χ0n) is 18.1. The number of nitrogens with zero attached hydrogens (tertiary/aromatic N) is 1. The van der Waals surface area contributed by atoms with Gasteiger partial charge in [0, 0.05) is 29.2 Å². The highest BCUT2D eigenvalue weighted by atomic mass is 35.5. The van der Waals surface area contributed by atoms with Gasteiger partial charge in [-0.2, -0.15) is 5.26 Å². The van der Waals surface area contributed by atoms with Crippen LogP contribution in [0, 0.1) is 28.4 Å². The van der Waals surface area contributed by atoms with Crippen LogP contribution in [0.25, 0.3) is 0 Å². The Morgan fingerprint density at radius 3 is 2.55 bits per heavy atom. The number of benzene rings is 2. The minimum Gasteiger partial charge on any atom is -0.480 e. The lowest BCUT2D eigenvalue weighted by Crippen LogP contribution is -2.45. The van der Waals surface area contributed by atoms with Gasteiger partial charge in [-0.05, 0) is 42.0 Å². The maximum Gasteiger partial charge on any atom is 0.321 e. The Morgan fingerprint density at radius 1 is 1.27 bits per heavy atom. The van der Waals surface area contributed by atoms with Crippen LogP contribution in [0.15, 0.2) is 36.4 Å². The first-order valence-electron chi connectivity index (χ1n) is 10.4. The van der Waals surface area contributed by atoms with Gasteiger partial charge in [0.15, 0.2) is 0 Å². The maximum atomic E-state index is 15.3. The molecular formula is C24H24Cl2F2N2O3. The van der Waals surface area contributed by atoms with E-state index in [-0.39, 0.29) is 34.2 Å². The minimum absolute atomic E-state index is 0.0835. The number of nitrogens with one attached hydrogen (secondary N) is 1. The highest BCUT2D eigenvalue weighted by Gasteiger charge is 2.61. The molecule has 3 rings (SSSR count). The molecule has 3 N–H and O–H groups in total. The number of carbonyl (C=O) groups is 1. The first-order valence-corrected chi connectivity index (χ1v) is 11.1. The fourth-order valence-electron chi connectivity index (χ4n) is 4.89. The Kier molecular flexibility index (Phi) is 7.35. The van der Waals surface area contributed by atoms with Crippen molar-refractivity contribution in [1.29, 1.82) is 5.26 Å². The third-order valence-electron chi connectivity index (χ3n) is 6.44. The number of aliphatic carboxylic acids is 1. The summed E-state index contributed by atoms with van der Waals surface area (Å²) in [5.74, 6) is -4.27. The number of aliphatic hydroxyl groups excluding tert-OH is 1. The third kappa shape index (κ3) is 4.58. The lowest BCUT2D eigenvalue weighted by Gasteiger charge is -2.38. The van der Waals surface area contributed by atoms with Crippen molar-refractivity contribution in [2.45, 2.75) is 50.1 Å². The van der Waals surface area contributed by atoms with Crippen LogP contribution in [0.3, 0.4) is 0 Å². The average molecular weight is 497 g/mol. The first kappa shape index (κ1) is 25.4. The van der Waals surface area contributed by atoms with E-state index < -0.39 is 46.4 Å². The smallest absolute Gasteiger partial charge is 0.321 e. The van der Waals surface area contributed by atoms with Gasteiger partial charge in [0.25, 0.3) is 0 Å². The first-order chi connectivity index (χ1) is 15.5. The largest absolute Gasteiger partial charge is 0.480 e. The number of halogens is 4. The number of hydrogen-bond acceptors (Lipinski definition) is 4. The molecule has 33 heavy (non-hydrogen) atoms. The lowest BCUT2D eigenvalue weighted by molar-refractivity contribution is -0.139. The topological polar surface area (TPSA) is 93.3 Å². The summed E-state index contributed by atoms with van der Waals surface area (Å²) in [6, 6.07) is 7.83. The molecule has 1 saturated heterocycles. The van der Waals surface area contributed by atoms with E-state index in [9.17, 15) is 20.3 Å². The van der Waals surface area contributed by atoms with Crippen molar-refractivity contribution in [3.63, 3.8) is 0 Å². The SMILES string of the molecule is CC(C)(CCO)C[C@H]1N[C@H](C(=O)O)[C@@H](c2cccc(Cl)c2F)[C@]1(C#N)c1ccc(Cl)cc1F. The summed E-state index contributed by atoms with van der Waals surface area (Å²) < 4.78 is 30.5. The van der Waals surface area contributed by atoms with Gasteiger partial charge in [-0.25, -0.2) is 8.78 Å². The number of carboxylic acid groups (broad SMARTS) is 1. The van der Waals surface area contributed by atoms with E-state index >= 15 is 8.78 Å². The Hall–Kier alpha value is -2.24. The second-order valence-electron chi connectivity index (χ2n) is 9.10. The fraction of sp³-hybridized carbons (Fsp3) is 0.417. The molecule has 2 aromatic carbocycles. The maximum absolute atomic E-state index is 15.3. The molecule has 0 aliphatic carbocycles. The number of nitriles is 1. The molecule has 1 heterocycles. The molecule has 0 aromatic heterocycles. The molecule has 0 radical (unpaired) electrons. The van der Waals surface area contributed by atoms with Crippen LogP contribution in [0.1, 0.15) is 43.7 Å². The molecular weight excluding hydrogens is 473 g/mol. The van der Waals surface area contributed by atoms with Crippen LogP contribution >= 0.6 is 23.2 Å². The van der Waals surface area contributed by atoms with E-state index in [2.05, 4.69) is 11.4 Å². The van der Waals surface area contributed by atoms with E-state index in [0.29, 0.717) is 6.42 Å². The van der Waals surface area contributed by atoms with Crippen molar-refractivity contribution in [3.8, 4) is 6.07 Å². The molecule has 1 fully saturated rings. The molecule has 0 unspecified atom stereocenters. The molecule has 2 aromatic rings. The molecule has 0 saturated carbocycles. The quantitative estimate of drug-likeness (QED) is 0.499. The molecule has 4 atom stereocenters. The average Bonchev–Trinajstić information content (AvgIpc) is 3.04. The van der Waals surface area contributed by atoms with Gasteiger partial charge in [-0.3, -0.25) is 10.1 Å². The van der Waals surface area contributed by atoms with Crippen LogP contribution in [0.4, 0.5) is 8.78 Å². The highest BCUT2D eigenvalue weighted by Crippen LogP contribution is 2.53. The molecule has 1 aliphatic rings. The van der Waals surface area contributed by atoms with E-state index in [1.54, 1.807) is 0 Å². The number of carboxylic acids is 1. The Morgan fingerprint density at radius 2 is 1.97 bits per heavy atom. The van der Waals surface area contributed by atoms with E-state index in [0.717, 1.165) is 6.07 Å². The highest BCUT2D eigenvalue weighted by molar-refractivity contribution is 6.31. The van der Waals surface area contributed by atoms with Gasteiger partial charge < -0.3 is 10.2 Å². The van der Waals surface area contributed by atoms with Gasteiger partial charge in [-0.1, -0.05) is 55.2 Å². The van der Waals surface area contributed by atoms with E-state index in [4.69, 9.17) is 23.2 Å². The monoisotopic (exact) mass is 496 g/mol. The summed E-state index contributed by atoms with van der Waals surface area (Å²) in [5.41, 5.74) is -2.53. The van der Waals surface area contributed by atoms with Gasteiger partial charge in [0.05, 0.1) is 11.1 Å². The van der Waals surface area contributed by atoms with Crippen LogP contribution in [-0.4, -0.2) is 34.9 Å². The Labute approximate surface area is 200 Å². The molecule has 0 spiro atoms. The summed E-state index contributed by atoms with van der Waals surface area (Å²) in [6.07, 6.45) is 0.579. The zero-order chi connectivity index (χ0) is 24.6. The second kappa shape index (κ2) is 9.55. The van der Waals surface area contributed by atoms with E-state index in [1.165, 1.54) is 30.3 Å². The molecule has 0 amide bonds. The number of aliphatic hydroxyl groups is 1. The van der Waals surface area contributed by atoms with Crippen LogP contribution in [0.5, 0.6) is 0 Å². The fourth-order valence-corrected chi connectivity index (χ4v) is 5.23. The van der Waals surface area contributed by atoms with Crippen molar-refractivity contribution in [3.05, 3.63) is 69.2 Å². The molecule has 1 aliphatic heterocycles. The number of rotatable bonds is 7. The van der Waals surface area contributed by atoms with Gasteiger partial charge in [-0.15, -0.1) is 0 Å². The molecule has 0 bridgehead atoms. The predicted octanol–water partition coefficient (Wildman–Crippen LogP) is 5.04. The van der Waals surface area contributed by atoms with Gasteiger partial charge in [0.1, 0.15) is 23.1 Å². The van der Waals surface area contributed by atoms with Crippen LogP contribution in [-0.2, 0) is 10.2 Å². The van der Waals surface area contributed by atoms with Crippen molar-refractivity contribution < 1.29 is 23.8 Å². The molecule has 5 nitrogen and oxygen atoms in total. The Balaban J connectivity index is 2.34. The molecule has 9 heteroatoms. The summed E-state index contributed by atoms with van der Waals surface area (Å²) in [5, 5.41) is 32.9. The zero-order valence-corrected chi connectivity index (χ0v) is 19.6. The summed E-state index contributed by atoms with van der Waals surface area (Å²) in [6.45, 7) is 3.59. The third-order valence-corrected chi connectivity index (χ3v) is 6.97. The lowest BCUT2D eigenvalue weighted by atomic mass is 9.62. The van der Waals surface area contributed by atoms with Crippen molar-refractivity contribution in [2.75, 3.05) is 6.61 Å². The summed E-state index contributed by atoms with van der Waals surface area (Å²) in [4.78, 5) is 12.3. The Bertz CT molecular complexity index is 1110. The van der Waals surface area contributed by atoms with Crippen molar-refractivity contribution >= 4 is 29.2 Å². The number of hydrogen-bond donors (Lipinski definition) is 3. The van der Waals surface area contributed by atoms with Gasteiger partial charge in [0.2, 0.25) is 0 Å². The van der Waals surface area contributed by atoms with E-state index in [1.807, 2.05) is 13.8 Å².